The van der Waals surface area contributed by atoms with Gasteiger partial charge in [-0.05, 0) is 30.3 Å². The van der Waals surface area contributed by atoms with Gasteiger partial charge in [0, 0.05) is 23.3 Å². The Balaban J connectivity index is 1.98. The fourth-order valence-electron chi connectivity index (χ4n) is 1.67. The standard InChI is InChI=1S/C15H15ClN2OS/c1-18(12-5-3-2-4-6-12)15(19)10-20-14-8-7-11(17)9-13(14)16/h2-9H,10,17H2,1H3. The Hall–Kier alpha value is -1.65. The molecule has 0 bridgehead atoms. The van der Waals surface area contributed by atoms with Crippen LogP contribution in [0.15, 0.2) is 53.4 Å². The van der Waals surface area contributed by atoms with E-state index in [1.54, 1.807) is 24.1 Å². The number of nitrogen functional groups attached to an aromatic ring is 1. The van der Waals surface area contributed by atoms with E-state index in [2.05, 4.69) is 0 Å². The molecule has 0 unspecified atom stereocenters. The molecule has 0 radical (unpaired) electrons. The predicted molar refractivity (Wildman–Crippen MR) is 86.4 cm³/mol. The third-order valence-electron chi connectivity index (χ3n) is 2.82. The molecule has 0 heterocycles. The van der Waals surface area contributed by atoms with Crippen LogP contribution in [0.3, 0.4) is 0 Å². The van der Waals surface area contributed by atoms with Crippen LogP contribution in [0, 0.1) is 0 Å². The zero-order valence-corrected chi connectivity index (χ0v) is 12.6. The number of hydrogen-bond donors (Lipinski definition) is 1. The first kappa shape index (κ1) is 14.8. The minimum Gasteiger partial charge on any atom is -0.399 e. The van der Waals surface area contributed by atoms with Crippen LogP contribution in [-0.2, 0) is 4.79 Å². The number of carbonyl (C=O) groups excluding carboxylic acids is 1. The van der Waals surface area contributed by atoms with Crippen molar-refractivity contribution >= 4 is 40.6 Å². The summed E-state index contributed by atoms with van der Waals surface area (Å²) in [5.74, 6) is 0.351. The minimum atomic E-state index is 0.0223. The number of carbonyl (C=O) groups is 1. The lowest BCUT2D eigenvalue weighted by atomic mass is 10.3. The second-order valence-corrected chi connectivity index (χ2v) is 5.69. The van der Waals surface area contributed by atoms with Crippen molar-refractivity contribution in [1.82, 2.24) is 0 Å². The third-order valence-corrected chi connectivity index (χ3v) is 4.31. The lowest BCUT2D eigenvalue weighted by Crippen LogP contribution is -2.27. The highest BCUT2D eigenvalue weighted by molar-refractivity contribution is 8.00. The summed E-state index contributed by atoms with van der Waals surface area (Å²) in [7, 11) is 1.77. The molecule has 0 atom stereocenters. The summed E-state index contributed by atoms with van der Waals surface area (Å²) in [6.07, 6.45) is 0. The molecule has 2 N–H and O–H groups in total. The van der Waals surface area contributed by atoms with Crippen LogP contribution >= 0.6 is 23.4 Å². The van der Waals surface area contributed by atoms with Gasteiger partial charge in [0.05, 0.1) is 10.8 Å². The van der Waals surface area contributed by atoms with Crippen molar-refractivity contribution in [2.75, 3.05) is 23.4 Å². The molecule has 2 rings (SSSR count). The van der Waals surface area contributed by atoms with E-state index in [4.69, 9.17) is 17.3 Å². The molecule has 0 saturated heterocycles. The first-order valence-electron chi connectivity index (χ1n) is 6.07. The lowest BCUT2D eigenvalue weighted by molar-refractivity contribution is -0.115. The summed E-state index contributed by atoms with van der Waals surface area (Å²) in [5, 5.41) is 0.574. The molecule has 2 aromatic carbocycles. The van der Waals surface area contributed by atoms with Gasteiger partial charge in [-0.25, -0.2) is 0 Å². The van der Waals surface area contributed by atoms with E-state index in [9.17, 15) is 4.79 Å². The molecule has 0 aromatic heterocycles. The highest BCUT2D eigenvalue weighted by atomic mass is 35.5. The second-order valence-electron chi connectivity index (χ2n) is 4.27. The molecule has 0 spiro atoms. The van der Waals surface area contributed by atoms with Gasteiger partial charge in [0.1, 0.15) is 0 Å². The van der Waals surface area contributed by atoms with E-state index in [0.717, 1.165) is 10.6 Å². The number of nitrogens with zero attached hydrogens (tertiary/aromatic N) is 1. The fraction of sp³-hybridized carbons (Fsp3) is 0.133. The third kappa shape index (κ3) is 3.68. The van der Waals surface area contributed by atoms with Crippen LogP contribution in [0.4, 0.5) is 11.4 Å². The summed E-state index contributed by atoms with van der Waals surface area (Å²) in [6.45, 7) is 0. The molecule has 5 heteroatoms. The Bertz CT molecular complexity index is 604. The Labute approximate surface area is 127 Å². The number of amides is 1. The molecule has 3 nitrogen and oxygen atoms in total. The summed E-state index contributed by atoms with van der Waals surface area (Å²) in [6, 6.07) is 14.8. The van der Waals surface area contributed by atoms with Crippen molar-refractivity contribution in [2.45, 2.75) is 4.90 Å². The van der Waals surface area contributed by atoms with E-state index in [0.29, 0.717) is 16.5 Å². The maximum absolute atomic E-state index is 12.1. The monoisotopic (exact) mass is 306 g/mol. The van der Waals surface area contributed by atoms with Crippen molar-refractivity contribution in [1.29, 1.82) is 0 Å². The van der Waals surface area contributed by atoms with Crippen molar-refractivity contribution in [2.24, 2.45) is 0 Å². The number of hydrogen-bond acceptors (Lipinski definition) is 3. The molecule has 0 aliphatic carbocycles. The first-order valence-corrected chi connectivity index (χ1v) is 7.43. The maximum Gasteiger partial charge on any atom is 0.237 e. The number of rotatable bonds is 4. The Morgan fingerprint density at radius 3 is 2.60 bits per heavy atom. The molecular formula is C15H15ClN2OS. The lowest BCUT2D eigenvalue weighted by Gasteiger charge is -2.17. The normalized spacial score (nSPS) is 10.3. The van der Waals surface area contributed by atoms with Gasteiger partial charge < -0.3 is 10.6 Å². The molecule has 104 valence electrons. The van der Waals surface area contributed by atoms with Gasteiger partial charge in [-0.15, -0.1) is 11.8 Å². The number of para-hydroxylation sites is 1. The minimum absolute atomic E-state index is 0.0223. The second kappa shape index (κ2) is 6.68. The van der Waals surface area contributed by atoms with Gasteiger partial charge in [0.2, 0.25) is 5.91 Å². The van der Waals surface area contributed by atoms with Gasteiger partial charge in [-0.1, -0.05) is 29.8 Å². The van der Waals surface area contributed by atoms with Crippen molar-refractivity contribution in [3.63, 3.8) is 0 Å². The Morgan fingerprint density at radius 1 is 1.25 bits per heavy atom. The Morgan fingerprint density at radius 2 is 1.95 bits per heavy atom. The number of halogens is 1. The van der Waals surface area contributed by atoms with Crippen LogP contribution < -0.4 is 10.6 Å². The van der Waals surface area contributed by atoms with Crippen LogP contribution in [-0.4, -0.2) is 18.7 Å². The molecule has 0 aliphatic heterocycles. The van der Waals surface area contributed by atoms with Crippen LogP contribution in [0.5, 0.6) is 0 Å². The van der Waals surface area contributed by atoms with Gasteiger partial charge in [-0.2, -0.15) is 0 Å². The first-order chi connectivity index (χ1) is 9.58. The largest absolute Gasteiger partial charge is 0.399 e. The van der Waals surface area contributed by atoms with E-state index in [1.807, 2.05) is 36.4 Å². The van der Waals surface area contributed by atoms with E-state index in [1.165, 1.54) is 11.8 Å². The zero-order chi connectivity index (χ0) is 14.5. The maximum atomic E-state index is 12.1. The topological polar surface area (TPSA) is 46.3 Å². The predicted octanol–water partition coefficient (Wildman–Crippen LogP) is 3.68. The number of anilines is 2. The van der Waals surface area contributed by atoms with Crippen LogP contribution in [0.25, 0.3) is 0 Å². The summed E-state index contributed by atoms with van der Waals surface area (Å²) in [5.41, 5.74) is 7.13. The molecule has 2 aromatic rings. The average molecular weight is 307 g/mol. The highest BCUT2D eigenvalue weighted by Crippen LogP contribution is 2.29. The van der Waals surface area contributed by atoms with Crippen molar-refractivity contribution < 1.29 is 4.79 Å². The molecular weight excluding hydrogens is 292 g/mol. The van der Waals surface area contributed by atoms with E-state index in [-0.39, 0.29) is 5.91 Å². The van der Waals surface area contributed by atoms with Gasteiger partial charge in [-0.3, -0.25) is 4.79 Å². The molecule has 1 amide bonds. The van der Waals surface area contributed by atoms with Gasteiger partial charge in [0.25, 0.3) is 0 Å². The smallest absolute Gasteiger partial charge is 0.237 e. The van der Waals surface area contributed by atoms with Crippen LogP contribution in [0.1, 0.15) is 0 Å². The zero-order valence-electron chi connectivity index (χ0n) is 11.0. The number of thioether (sulfide) groups is 1. The quantitative estimate of drug-likeness (QED) is 0.692. The van der Waals surface area contributed by atoms with E-state index < -0.39 is 0 Å². The van der Waals surface area contributed by atoms with Gasteiger partial charge >= 0.3 is 0 Å². The summed E-state index contributed by atoms with van der Waals surface area (Å²) in [4.78, 5) is 14.6. The highest BCUT2D eigenvalue weighted by Gasteiger charge is 2.12. The Kier molecular flexibility index (Phi) is 4.93. The van der Waals surface area contributed by atoms with Crippen molar-refractivity contribution in [3.8, 4) is 0 Å². The summed E-state index contributed by atoms with van der Waals surface area (Å²) >= 11 is 7.49. The average Bonchev–Trinajstić information content (AvgIpc) is 2.46. The fourth-order valence-corrected chi connectivity index (χ4v) is 2.85. The molecule has 20 heavy (non-hydrogen) atoms. The number of nitrogens with two attached hydrogens (primary N) is 1. The van der Waals surface area contributed by atoms with Crippen LogP contribution in [0.2, 0.25) is 5.02 Å². The SMILES string of the molecule is CN(C(=O)CSc1ccc(N)cc1Cl)c1ccccc1. The van der Waals surface area contributed by atoms with E-state index >= 15 is 0 Å². The van der Waals surface area contributed by atoms with Crippen molar-refractivity contribution in [3.05, 3.63) is 53.6 Å². The molecule has 0 saturated carbocycles. The molecule has 0 aliphatic rings. The summed E-state index contributed by atoms with van der Waals surface area (Å²) < 4.78 is 0. The number of benzene rings is 2. The molecule has 0 fully saturated rings. The van der Waals surface area contributed by atoms with Gasteiger partial charge in [0.15, 0.2) is 0 Å².